The molecule has 3 aromatic rings. The molecule has 1 aliphatic heterocycles. The smallest absolute Gasteiger partial charge is 0.262 e. The van der Waals surface area contributed by atoms with Crippen molar-refractivity contribution >= 4 is 38.5 Å². The van der Waals surface area contributed by atoms with Crippen molar-refractivity contribution < 1.29 is 17.6 Å². The van der Waals surface area contributed by atoms with Gasteiger partial charge in [0.25, 0.3) is 5.91 Å². The summed E-state index contributed by atoms with van der Waals surface area (Å²) in [6.07, 6.45) is 3.35. The fraction of sp³-hybridized carbons (Fsp3) is 0.238. The average Bonchev–Trinajstić information content (AvgIpc) is 3.47. The van der Waals surface area contributed by atoms with Gasteiger partial charge in [-0.1, -0.05) is 6.07 Å². The van der Waals surface area contributed by atoms with Gasteiger partial charge in [0.15, 0.2) is 9.84 Å². The molecule has 0 saturated carbocycles. The molecular weight excluding hydrogens is 422 g/mol. The molecule has 1 atom stereocenters. The summed E-state index contributed by atoms with van der Waals surface area (Å²) in [5, 5.41) is 8.09. The van der Waals surface area contributed by atoms with E-state index in [9.17, 15) is 13.2 Å². The van der Waals surface area contributed by atoms with Crippen molar-refractivity contribution in [1.82, 2.24) is 5.01 Å². The first-order valence-corrected chi connectivity index (χ1v) is 12.1. The summed E-state index contributed by atoms with van der Waals surface area (Å²) in [6.45, 7) is 0.106. The number of thiophene rings is 1. The van der Waals surface area contributed by atoms with Crippen LogP contribution in [0.4, 0.5) is 5.69 Å². The standard InChI is InChI=1S/C21H21N3O4S2/c1-23(15-7-9-16(10-8-15)30(2,26)27)14-21(25)24-18(20-6-4-12-29-20)13-17(22-24)19-5-3-11-28-19/h3-12,18H,13-14H2,1-2H3/t18-/m1/s1. The summed E-state index contributed by atoms with van der Waals surface area (Å²) >= 11 is 1.59. The van der Waals surface area contributed by atoms with E-state index in [2.05, 4.69) is 5.10 Å². The van der Waals surface area contributed by atoms with E-state index in [-0.39, 0.29) is 23.4 Å². The maximum absolute atomic E-state index is 13.1. The van der Waals surface area contributed by atoms with Crippen LogP contribution in [0.3, 0.4) is 0 Å². The minimum absolute atomic E-state index is 0.106. The van der Waals surface area contributed by atoms with Gasteiger partial charge in [-0.25, -0.2) is 13.4 Å². The molecule has 1 aromatic carbocycles. The topological polar surface area (TPSA) is 83.2 Å². The Hall–Kier alpha value is -2.91. The summed E-state index contributed by atoms with van der Waals surface area (Å²) in [7, 11) is -1.47. The van der Waals surface area contributed by atoms with Gasteiger partial charge >= 0.3 is 0 Å². The van der Waals surface area contributed by atoms with E-state index in [4.69, 9.17) is 4.42 Å². The van der Waals surface area contributed by atoms with Crippen LogP contribution >= 0.6 is 11.3 Å². The Morgan fingerprint density at radius 3 is 2.60 bits per heavy atom. The van der Waals surface area contributed by atoms with Gasteiger partial charge in [-0.2, -0.15) is 5.10 Å². The first kappa shape index (κ1) is 20.4. The molecule has 0 aliphatic carbocycles. The molecule has 9 heteroatoms. The van der Waals surface area contributed by atoms with Crippen LogP contribution in [-0.2, 0) is 14.6 Å². The van der Waals surface area contributed by atoms with E-state index in [0.29, 0.717) is 12.2 Å². The van der Waals surface area contributed by atoms with Crippen molar-refractivity contribution in [2.24, 2.45) is 5.10 Å². The molecule has 0 saturated heterocycles. The third-order valence-electron chi connectivity index (χ3n) is 4.92. The lowest BCUT2D eigenvalue weighted by Gasteiger charge is -2.25. The van der Waals surface area contributed by atoms with Crippen molar-refractivity contribution in [3.8, 4) is 0 Å². The molecule has 30 heavy (non-hydrogen) atoms. The second-order valence-electron chi connectivity index (χ2n) is 7.12. The van der Waals surface area contributed by atoms with Gasteiger partial charge in [0, 0.05) is 30.3 Å². The van der Waals surface area contributed by atoms with Gasteiger partial charge in [-0.05, 0) is 47.8 Å². The number of benzene rings is 1. The number of furan rings is 1. The predicted octanol–water partition coefficient (Wildman–Crippen LogP) is 3.56. The van der Waals surface area contributed by atoms with Gasteiger partial charge in [0.2, 0.25) is 0 Å². The fourth-order valence-electron chi connectivity index (χ4n) is 3.35. The van der Waals surface area contributed by atoms with E-state index < -0.39 is 9.84 Å². The van der Waals surface area contributed by atoms with Gasteiger partial charge in [0.05, 0.1) is 23.7 Å². The first-order chi connectivity index (χ1) is 14.3. The van der Waals surface area contributed by atoms with Gasteiger partial charge < -0.3 is 9.32 Å². The lowest BCUT2D eigenvalue weighted by molar-refractivity contribution is -0.131. The highest BCUT2D eigenvalue weighted by Gasteiger charge is 2.34. The summed E-state index contributed by atoms with van der Waals surface area (Å²) in [5.74, 6) is 0.515. The van der Waals surface area contributed by atoms with Crippen molar-refractivity contribution in [3.05, 3.63) is 70.8 Å². The molecule has 1 aliphatic rings. The number of likely N-dealkylation sites (N-methyl/N-ethyl adjacent to an activating group) is 1. The van der Waals surface area contributed by atoms with Gasteiger partial charge in [0.1, 0.15) is 11.5 Å². The highest BCUT2D eigenvalue weighted by molar-refractivity contribution is 7.90. The number of nitrogens with zero attached hydrogens (tertiary/aromatic N) is 3. The van der Waals surface area contributed by atoms with Crippen molar-refractivity contribution in [1.29, 1.82) is 0 Å². The number of amides is 1. The minimum atomic E-state index is -3.26. The number of hydrogen-bond donors (Lipinski definition) is 0. The maximum atomic E-state index is 13.1. The molecule has 0 fully saturated rings. The molecule has 0 bridgehead atoms. The third kappa shape index (κ3) is 4.17. The van der Waals surface area contributed by atoms with Crippen LogP contribution in [0.5, 0.6) is 0 Å². The molecule has 4 rings (SSSR count). The SMILES string of the molecule is CN(CC(=O)N1N=C(c2ccco2)C[C@@H]1c1cccs1)c1ccc(S(C)(=O)=O)cc1. The van der Waals surface area contributed by atoms with Gasteiger partial charge in [-0.15, -0.1) is 11.3 Å². The normalized spacial score (nSPS) is 16.5. The Kier molecular flexibility index (Phi) is 5.48. The average molecular weight is 444 g/mol. The number of sulfone groups is 1. The molecule has 0 spiro atoms. The number of hydrogen-bond acceptors (Lipinski definition) is 7. The summed E-state index contributed by atoms with van der Waals surface area (Å²) in [4.78, 5) is 16.2. The van der Waals surface area contributed by atoms with E-state index in [1.165, 1.54) is 11.3 Å². The largest absolute Gasteiger partial charge is 0.463 e. The lowest BCUT2D eigenvalue weighted by atomic mass is 10.1. The maximum Gasteiger partial charge on any atom is 0.262 e. The molecule has 1 amide bonds. The quantitative estimate of drug-likeness (QED) is 0.582. The summed E-state index contributed by atoms with van der Waals surface area (Å²) in [6, 6.07) is 13.9. The second kappa shape index (κ2) is 8.08. The second-order valence-corrected chi connectivity index (χ2v) is 10.1. The minimum Gasteiger partial charge on any atom is -0.463 e. The van der Waals surface area contributed by atoms with Crippen LogP contribution in [0, 0.1) is 0 Å². The Labute approximate surface area is 179 Å². The highest BCUT2D eigenvalue weighted by atomic mass is 32.2. The van der Waals surface area contributed by atoms with E-state index >= 15 is 0 Å². The molecule has 0 N–H and O–H groups in total. The predicted molar refractivity (Wildman–Crippen MR) is 117 cm³/mol. The molecule has 0 radical (unpaired) electrons. The summed E-state index contributed by atoms with van der Waals surface area (Å²) < 4.78 is 28.8. The number of anilines is 1. The monoisotopic (exact) mass is 443 g/mol. The Balaban J connectivity index is 1.54. The zero-order valence-electron chi connectivity index (χ0n) is 16.6. The molecule has 0 unspecified atom stereocenters. The summed E-state index contributed by atoms with van der Waals surface area (Å²) in [5.41, 5.74) is 1.49. The highest BCUT2D eigenvalue weighted by Crippen LogP contribution is 2.35. The van der Waals surface area contributed by atoms with E-state index in [1.54, 1.807) is 59.9 Å². The van der Waals surface area contributed by atoms with Crippen molar-refractivity contribution in [2.75, 3.05) is 24.7 Å². The third-order valence-corrected chi connectivity index (χ3v) is 7.02. The molecule has 156 valence electrons. The molecule has 7 nitrogen and oxygen atoms in total. The van der Waals surface area contributed by atoms with Crippen LogP contribution in [0.15, 0.2) is 74.6 Å². The van der Waals surface area contributed by atoms with Crippen molar-refractivity contribution in [2.45, 2.75) is 17.4 Å². The number of hydrazone groups is 1. The molecule has 3 heterocycles. The zero-order chi connectivity index (χ0) is 21.3. The number of rotatable bonds is 6. The van der Waals surface area contributed by atoms with E-state index in [0.717, 1.165) is 16.3 Å². The Morgan fingerprint density at radius 1 is 1.23 bits per heavy atom. The van der Waals surface area contributed by atoms with Crippen LogP contribution in [0.1, 0.15) is 23.1 Å². The van der Waals surface area contributed by atoms with Gasteiger partial charge in [-0.3, -0.25) is 4.79 Å². The zero-order valence-corrected chi connectivity index (χ0v) is 18.2. The molecule has 2 aromatic heterocycles. The van der Waals surface area contributed by atoms with Crippen LogP contribution in [0.2, 0.25) is 0 Å². The first-order valence-electron chi connectivity index (χ1n) is 9.31. The Morgan fingerprint density at radius 2 is 2.00 bits per heavy atom. The molecular formula is C21H21N3O4S2. The van der Waals surface area contributed by atoms with Crippen molar-refractivity contribution in [3.63, 3.8) is 0 Å². The van der Waals surface area contributed by atoms with Crippen LogP contribution in [0.25, 0.3) is 0 Å². The number of carbonyl (C=O) groups excluding carboxylic acids is 1. The van der Waals surface area contributed by atoms with Crippen LogP contribution in [-0.4, -0.2) is 44.9 Å². The van der Waals surface area contributed by atoms with E-state index in [1.807, 2.05) is 23.6 Å². The number of carbonyl (C=O) groups is 1. The van der Waals surface area contributed by atoms with Crippen LogP contribution < -0.4 is 4.90 Å². The fourth-order valence-corrected chi connectivity index (χ4v) is 4.79. The Bertz CT molecular complexity index is 1150. The lowest BCUT2D eigenvalue weighted by Crippen LogP contribution is -2.36.